The van der Waals surface area contributed by atoms with E-state index < -0.39 is 12.1 Å². The Kier molecular flexibility index (Phi) is 31.5. The van der Waals surface area contributed by atoms with Crippen molar-refractivity contribution in [2.75, 3.05) is 6.61 Å². The maximum Gasteiger partial charge on any atom is 0.220 e. The van der Waals surface area contributed by atoms with E-state index in [4.69, 9.17) is 0 Å². The smallest absolute Gasteiger partial charge is 0.220 e. The highest BCUT2D eigenvalue weighted by molar-refractivity contribution is 5.76. The maximum atomic E-state index is 12.2. The van der Waals surface area contributed by atoms with Gasteiger partial charge in [0.1, 0.15) is 0 Å². The number of amides is 1. The van der Waals surface area contributed by atoms with Crippen LogP contribution >= 0.6 is 0 Å². The third kappa shape index (κ3) is 29.6. The predicted octanol–water partition coefficient (Wildman–Crippen LogP) is 10.1. The van der Waals surface area contributed by atoms with Crippen LogP contribution in [-0.4, -0.2) is 34.9 Å². The topological polar surface area (TPSA) is 69.6 Å². The fourth-order valence-corrected chi connectivity index (χ4v) is 4.80. The number of aliphatic hydroxyl groups is 2. The first-order valence-corrected chi connectivity index (χ1v) is 17.4. The van der Waals surface area contributed by atoms with Crippen LogP contribution < -0.4 is 5.32 Å². The van der Waals surface area contributed by atoms with Gasteiger partial charge in [0.15, 0.2) is 0 Å². The van der Waals surface area contributed by atoms with Crippen molar-refractivity contribution in [3.05, 3.63) is 48.6 Å². The monoisotopic (exact) mass is 574 g/mol. The average molecular weight is 574 g/mol. The molecule has 1 amide bonds. The Morgan fingerprint density at radius 3 is 1.63 bits per heavy atom. The minimum atomic E-state index is -0.860. The lowest BCUT2D eigenvalue weighted by molar-refractivity contribution is -0.123. The van der Waals surface area contributed by atoms with Crippen LogP contribution in [0.5, 0.6) is 0 Å². The maximum absolute atomic E-state index is 12.2. The van der Waals surface area contributed by atoms with Crippen molar-refractivity contribution < 1.29 is 15.0 Å². The van der Waals surface area contributed by atoms with Gasteiger partial charge in [-0.15, -0.1) is 0 Å². The van der Waals surface area contributed by atoms with Gasteiger partial charge in [0.2, 0.25) is 5.91 Å². The molecular weight excluding hydrogens is 506 g/mol. The van der Waals surface area contributed by atoms with Crippen molar-refractivity contribution in [2.45, 2.75) is 174 Å². The van der Waals surface area contributed by atoms with Gasteiger partial charge in [0.05, 0.1) is 18.8 Å². The molecule has 2 unspecified atom stereocenters. The van der Waals surface area contributed by atoms with E-state index in [-0.39, 0.29) is 12.5 Å². The van der Waals surface area contributed by atoms with Gasteiger partial charge in [-0.3, -0.25) is 4.79 Å². The molecule has 4 nitrogen and oxygen atoms in total. The number of hydrogen-bond acceptors (Lipinski definition) is 3. The van der Waals surface area contributed by atoms with Gasteiger partial charge in [0.25, 0.3) is 0 Å². The zero-order valence-electron chi connectivity index (χ0n) is 27.0. The second kappa shape index (κ2) is 32.9. The first-order valence-electron chi connectivity index (χ1n) is 17.4. The average Bonchev–Trinajstić information content (AvgIpc) is 2.97. The Balaban J connectivity index is 3.60. The molecular formula is C37H67NO3. The number of carbonyl (C=O) groups excluding carboxylic acids is 1. The van der Waals surface area contributed by atoms with E-state index in [0.29, 0.717) is 6.42 Å². The molecule has 0 fully saturated rings. The highest BCUT2D eigenvalue weighted by Gasteiger charge is 2.17. The molecule has 0 rings (SSSR count). The molecule has 0 spiro atoms. The molecule has 0 aliphatic heterocycles. The summed E-state index contributed by atoms with van der Waals surface area (Å²) in [5, 5.41) is 22.7. The summed E-state index contributed by atoms with van der Waals surface area (Å²) in [4.78, 5) is 12.2. The molecule has 0 aromatic rings. The van der Waals surface area contributed by atoms with Crippen LogP contribution in [0.25, 0.3) is 0 Å². The summed E-state index contributed by atoms with van der Waals surface area (Å²) < 4.78 is 0. The summed E-state index contributed by atoms with van der Waals surface area (Å²) >= 11 is 0. The second-order valence-corrected chi connectivity index (χ2v) is 11.6. The lowest BCUT2D eigenvalue weighted by Crippen LogP contribution is -2.45. The minimum Gasteiger partial charge on any atom is -0.394 e. The molecule has 2 atom stereocenters. The van der Waals surface area contributed by atoms with Crippen LogP contribution in [0.3, 0.4) is 0 Å². The highest BCUT2D eigenvalue weighted by Crippen LogP contribution is 2.12. The van der Waals surface area contributed by atoms with E-state index in [1.807, 2.05) is 6.08 Å². The Morgan fingerprint density at radius 1 is 0.585 bits per heavy atom. The van der Waals surface area contributed by atoms with Crippen molar-refractivity contribution in [3.8, 4) is 0 Å². The lowest BCUT2D eigenvalue weighted by Gasteiger charge is -2.19. The fourth-order valence-electron chi connectivity index (χ4n) is 4.80. The minimum absolute atomic E-state index is 0.0850. The van der Waals surface area contributed by atoms with Crippen LogP contribution in [-0.2, 0) is 4.79 Å². The fraction of sp³-hybridized carbons (Fsp3) is 0.757. The highest BCUT2D eigenvalue weighted by atomic mass is 16.3. The third-order valence-electron chi connectivity index (χ3n) is 7.53. The van der Waals surface area contributed by atoms with Crippen molar-refractivity contribution >= 4 is 5.91 Å². The third-order valence-corrected chi connectivity index (χ3v) is 7.53. The summed E-state index contributed by atoms with van der Waals surface area (Å²) in [6.07, 6.45) is 43.4. The number of nitrogens with one attached hydrogen (secondary N) is 1. The molecule has 0 aromatic heterocycles. The summed E-state index contributed by atoms with van der Waals surface area (Å²) in [6, 6.07) is -0.638. The van der Waals surface area contributed by atoms with Gasteiger partial charge in [0, 0.05) is 6.42 Å². The van der Waals surface area contributed by atoms with Crippen molar-refractivity contribution in [3.63, 3.8) is 0 Å². The quantitative estimate of drug-likeness (QED) is 0.0591. The largest absolute Gasteiger partial charge is 0.394 e. The lowest BCUT2D eigenvalue weighted by atomic mass is 10.1. The van der Waals surface area contributed by atoms with E-state index in [9.17, 15) is 15.0 Å². The van der Waals surface area contributed by atoms with Gasteiger partial charge in [-0.1, -0.05) is 146 Å². The molecule has 0 bridgehead atoms. The van der Waals surface area contributed by atoms with Gasteiger partial charge in [-0.25, -0.2) is 0 Å². The Morgan fingerprint density at radius 2 is 1.05 bits per heavy atom. The summed E-state index contributed by atoms with van der Waals surface area (Å²) in [5.41, 5.74) is 0. The molecule has 0 saturated carbocycles. The molecule has 4 heteroatoms. The molecule has 3 N–H and O–H groups in total. The van der Waals surface area contributed by atoms with Crippen molar-refractivity contribution in [1.82, 2.24) is 5.32 Å². The first-order chi connectivity index (χ1) is 20.2. The van der Waals surface area contributed by atoms with E-state index in [0.717, 1.165) is 38.5 Å². The summed E-state index contributed by atoms with van der Waals surface area (Å²) in [6.45, 7) is 4.19. The number of carbonyl (C=O) groups is 1. The molecule has 0 heterocycles. The molecule has 0 saturated heterocycles. The van der Waals surface area contributed by atoms with E-state index in [1.54, 1.807) is 6.08 Å². The van der Waals surface area contributed by atoms with Crippen molar-refractivity contribution in [2.24, 2.45) is 0 Å². The predicted molar refractivity (Wildman–Crippen MR) is 179 cm³/mol. The molecule has 0 aliphatic rings. The second-order valence-electron chi connectivity index (χ2n) is 11.6. The Hall–Kier alpha value is -1.65. The van der Waals surface area contributed by atoms with Crippen LogP contribution in [0.2, 0.25) is 0 Å². The van der Waals surface area contributed by atoms with Crippen LogP contribution in [0.1, 0.15) is 162 Å². The van der Waals surface area contributed by atoms with Gasteiger partial charge >= 0.3 is 0 Å². The zero-order valence-corrected chi connectivity index (χ0v) is 27.0. The van der Waals surface area contributed by atoms with E-state index in [2.05, 4.69) is 55.6 Å². The Labute approximate surface area is 254 Å². The van der Waals surface area contributed by atoms with Gasteiger partial charge in [-0.05, 0) is 57.8 Å². The van der Waals surface area contributed by atoms with Crippen LogP contribution in [0.4, 0.5) is 0 Å². The number of rotatable bonds is 30. The molecule has 0 aromatic carbocycles. The van der Waals surface area contributed by atoms with Gasteiger partial charge < -0.3 is 15.5 Å². The SMILES string of the molecule is CCCC/C=C/CC/C=C/C(O)C(CO)NC(=O)CCCCCCCCCCC/C=C\C/C=C\CCCCCCC. The van der Waals surface area contributed by atoms with E-state index >= 15 is 0 Å². The Bertz CT molecular complexity index is 667. The molecule has 0 aliphatic carbocycles. The number of unbranched alkanes of at least 4 members (excludes halogenated alkanes) is 17. The van der Waals surface area contributed by atoms with Crippen LogP contribution in [0.15, 0.2) is 48.6 Å². The van der Waals surface area contributed by atoms with Crippen LogP contribution in [0, 0.1) is 0 Å². The van der Waals surface area contributed by atoms with Gasteiger partial charge in [-0.2, -0.15) is 0 Å². The summed E-state index contributed by atoms with van der Waals surface area (Å²) in [5.74, 6) is -0.0850. The molecule has 41 heavy (non-hydrogen) atoms. The number of hydrogen-bond donors (Lipinski definition) is 3. The first kappa shape index (κ1) is 39.4. The zero-order chi connectivity index (χ0) is 30.1. The van der Waals surface area contributed by atoms with E-state index in [1.165, 1.54) is 103 Å². The number of aliphatic hydroxyl groups excluding tert-OH is 2. The normalized spacial score (nSPS) is 13.8. The summed E-state index contributed by atoms with van der Waals surface area (Å²) in [7, 11) is 0. The standard InChI is InChI=1S/C37H67NO3/c1-3-5-7-9-11-13-14-15-16-17-18-19-20-21-22-23-24-25-27-29-31-33-37(41)38-35(34-39)36(40)32-30-28-26-12-10-8-6-4-2/h10,12,14-15,17-18,30,32,35-36,39-40H,3-9,11,13,16,19-29,31,33-34H2,1-2H3,(H,38,41)/b12-10+,15-14-,18-17-,32-30+. The number of allylic oxidation sites excluding steroid dienone is 7. The van der Waals surface area contributed by atoms with Crippen molar-refractivity contribution in [1.29, 1.82) is 0 Å². The molecule has 238 valence electrons. The molecule has 0 radical (unpaired) electrons.